The molecule has 1 heterocycles. The molecule has 1 amide bonds. The van der Waals surface area contributed by atoms with E-state index in [2.05, 4.69) is 5.32 Å². The summed E-state index contributed by atoms with van der Waals surface area (Å²) in [4.78, 5) is 37.3. The highest BCUT2D eigenvalue weighted by molar-refractivity contribution is 7.54. The molecular weight excluding hydrogens is 485 g/mol. The summed E-state index contributed by atoms with van der Waals surface area (Å²) >= 11 is 0. The van der Waals surface area contributed by atoms with Crippen molar-refractivity contribution in [3.05, 3.63) is 35.9 Å². The van der Waals surface area contributed by atoms with E-state index < -0.39 is 36.9 Å². The van der Waals surface area contributed by atoms with Gasteiger partial charge in [0.15, 0.2) is 6.10 Å². The number of nitrogens with one attached hydrogen (secondary N) is 1. The van der Waals surface area contributed by atoms with Crippen molar-refractivity contribution < 1.29 is 37.5 Å². The maximum Gasteiger partial charge on any atom is 0.332 e. The predicted molar refractivity (Wildman–Crippen MR) is 133 cm³/mol. The maximum atomic E-state index is 13.3. The molecule has 1 aromatic carbocycles. The van der Waals surface area contributed by atoms with Gasteiger partial charge in [0.25, 0.3) is 0 Å². The van der Waals surface area contributed by atoms with Crippen LogP contribution in [0.1, 0.15) is 58.4 Å². The fourth-order valence-corrected chi connectivity index (χ4v) is 6.57. The first kappa shape index (κ1) is 28.4. The summed E-state index contributed by atoms with van der Waals surface area (Å²) in [6, 6.07) is 9.65. The monoisotopic (exact) mass is 523 g/mol. The van der Waals surface area contributed by atoms with E-state index >= 15 is 0 Å². The van der Waals surface area contributed by atoms with Gasteiger partial charge in [-0.3, -0.25) is 23.5 Å². The van der Waals surface area contributed by atoms with Gasteiger partial charge in [0.1, 0.15) is 6.10 Å². The van der Waals surface area contributed by atoms with Gasteiger partial charge in [-0.15, -0.1) is 0 Å². The van der Waals surface area contributed by atoms with Gasteiger partial charge in [0.2, 0.25) is 5.91 Å². The first-order valence-corrected chi connectivity index (χ1v) is 14.4. The highest BCUT2D eigenvalue weighted by atomic mass is 31.2. The van der Waals surface area contributed by atoms with Crippen molar-refractivity contribution in [2.75, 3.05) is 25.9 Å². The zero-order chi connectivity index (χ0) is 26.2. The molecular formula is C26H38NO8P. The van der Waals surface area contributed by atoms with E-state index in [0.29, 0.717) is 6.42 Å². The average Bonchev–Trinajstić information content (AvgIpc) is 3.34. The zero-order valence-electron chi connectivity index (χ0n) is 21.4. The normalized spacial score (nSPS) is 24.6. The van der Waals surface area contributed by atoms with Gasteiger partial charge >= 0.3 is 19.5 Å². The molecule has 36 heavy (non-hydrogen) atoms. The second kappa shape index (κ2) is 12.8. The molecule has 0 aromatic heterocycles. The van der Waals surface area contributed by atoms with Gasteiger partial charge in [0.05, 0.1) is 31.7 Å². The number of rotatable bonds is 11. The Bertz CT molecular complexity index is 945. The third-order valence-corrected chi connectivity index (χ3v) is 8.50. The quantitative estimate of drug-likeness (QED) is 0.341. The van der Waals surface area contributed by atoms with Crippen LogP contribution in [0.4, 0.5) is 0 Å². The predicted octanol–water partition coefficient (Wildman–Crippen LogP) is 4.04. The molecule has 1 aromatic rings. The van der Waals surface area contributed by atoms with Gasteiger partial charge in [-0.05, 0) is 31.2 Å². The van der Waals surface area contributed by atoms with Crippen LogP contribution in [0.3, 0.4) is 0 Å². The lowest BCUT2D eigenvalue weighted by molar-refractivity contribution is -0.149. The Morgan fingerprint density at radius 1 is 1.17 bits per heavy atom. The molecule has 0 bridgehead atoms. The summed E-state index contributed by atoms with van der Waals surface area (Å²) in [5.74, 6) is -2.06. The standard InChI is InChI=1S/C26H38NO8P/c1-19(25(30)32-16-14-20-9-5-4-6-10-20)17-36(31)33-18-26(2,3)23(35-36)24(29)27-15-13-22(28)34-21-11-7-8-12-21/h4-6,9-10,19,21,23H,7-8,11-18H2,1-3H3,(H,27,29)/t19-,23+,36?/m1/s1. The van der Waals surface area contributed by atoms with Gasteiger partial charge in [-0.1, -0.05) is 51.1 Å². The molecule has 200 valence electrons. The molecule has 3 rings (SSSR count). The molecule has 1 N–H and O–H groups in total. The number of benzene rings is 1. The fraction of sp³-hybridized carbons (Fsp3) is 0.654. The van der Waals surface area contributed by atoms with E-state index in [1.807, 2.05) is 30.3 Å². The second-order valence-electron chi connectivity index (χ2n) is 10.3. The second-order valence-corrected chi connectivity index (χ2v) is 12.3. The van der Waals surface area contributed by atoms with Crippen LogP contribution in [0.2, 0.25) is 0 Å². The van der Waals surface area contributed by atoms with Crippen LogP contribution in [0.25, 0.3) is 0 Å². The van der Waals surface area contributed by atoms with Crippen molar-refractivity contribution >= 4 is 25.4 Å². The molecule has 2 fully saturated rings. The van der Waals surface area contributed by atoms with Crippen LogP contribution in [-0.4, -0.2) is 56.0 Å². The average molecular weight is 524 g/mol. The van der Waals surface area contributed by atoms with Crippen LogP contribution in [0, 0.1) is 11.3 Å². The molecule has 2 aliphatic rings. The SMILES string of the molecule is C[C@H](CP1(=O)OCC(C)(C)[C@H](C(=O)NCCC(=O)OC2CCCC2)O1)C(=O)OCCc1ccccc1. The van der Waals surface area contributed by atoms with Crippen LogP contribution in [0.5, 0.6) is 0 Å². The molecule has 10 heteroatoms. The first-order valence-electron chi connectivity index (χ1n) is 12.7. The number of hydrogen-bond donors (Lipinski definition) is 1. The lowest BCUT2D eigenvalue weighted by atomic mass is 9.87. The lowest BCUT2D eigenvalue weighted by Crippen LogP contribution is -2.50. The number of carbonyl (C=O) groups is 3. The lowest BCUT2D eigenvalue weighted by Gasteiger charge is -2.40. The van der Waals surface area contributed by atoms with Crippen molar-refractivity contribution in [2.24, 2.45) is 11.3 Å². The minimum Gasteiger partial charge on any atom is -0.465 e. The van der Waals surface area contributed by atoms with Crippen LogP contribution >= 0.6 is 7.60 Å². The molecule has 0 spiro atoms. The van der Waals surface area contributed by atoms with Crippen LogP contribution < -0.4 is 5.32 Å². The minimum atomic E-state index is -3.73. The Balaban J connectivity index is 1.46. The minimum absolute atomic E-state index is 0.0242. The Kier molecular flexibility index (Phi) is 10.1. The summed E-state index contributed by atoms with van der Waals surface area (Å²) < 4.78 is 35.3. The summed E-state index contributed by atoms with van der Waals surface area (Å²) in [6.45, 7) is 5.48. The fourth-order valence-electron chi connectivity index (χ4n) is 4.27. The van der Waals surface area contributed by atoms with Crippen molar-refractivity contribution in [3.8, 4) is 0 Å². The third kappa shape index (κ3) is 8.43. The third-order valence-electron chi connectivity index (χ3n) is 6.45. The van der Waals surface area contributed by atoms with Crippen molar-refractivity contribution in [1.29, 1.82) is 0 Å². The van der Waals surface area contributed by atoms with E-state index in [-0.39, 0.29) is 44.4 Å². The Morgan fingerprint density at radius 3 is 2.56 bits per heavy atom. The smallest absolute Gasteiger partial charge is 0.332 e. The van der Waals surface area contributed by atoms with Gasteiger partial charge in [-0.2, -0.15) is 0 Å². The summed E-state index contributed by atoms with van der Waals surface area (Å²) in [5, 5.41) is 2.69. The van der Waals surface area contributed by atoms with E-state index in [9.17, 15) is 18.9 Å². The Hall–Kier alpha value is -2.22. The number of ether oxygens (including phenoxy) is 2. The number of carbonyl (C=O) groups excluding carboxylic acids is 3. The molecule has 1 saturated carbocycles. The van der Waals surface area contributed by atoms with Crippen LogP contribution in [-0.2, 0) is 43.9 Å². The number of esters is 2. The van der Waals surface area contributed by atoms with Crippen LogP contribution in [0.15, 0.2) is 30.3 Å². The molecule has 3 atom stereocenters. The van der Waals surface area contributed by atoms with E-state index in [0.717, 1.165) is 31.2 Å². The van der Waals surface area contributed by atoms with Crippen molar-refractivity contribution in [1.82, 2.24) is 5.32 Å². The molecule has 1 saturated heterocycles. The highest BCUT2D eigenvalue weighted by Gasteiger charge is 2.48. The maximum absolute atomic E-state index is 13.3. The van der Waals surface area contributed by atoms with E-state index in [1.54, 1.807) is 20.8 Å². The molecule has 1 aliphatic heterocycles. The first-order chi connectivity index (χ1) is 17.1. The Labute approximate surface area is 213 Å². The zero-order valence-corrected chi connectivity index (χ0v) is 22.3. The van der Waals surface area contributed by atoms with Gasteiger partial charge in [0, 0.05) is 18.4 Å². The summed E-state index contributed by atoms with van der Waals surface area (Å²) in [7, 11) is -3.73. The molecule has 1 aliphatic carbocycles. The molecule has 9 nitrogen and oxygen atoms in total. The van der Waals surface area contributed by atoms with E-state index in [1.165, 1.54) is 0 Å². The Morgan fingerprint density at radius 2 is 1.86 bits per heavy atom. The van der Waals surface area contributed by atoms with Gasteiger partial charge < -0.3 is 19.3 Å². The van der Waals surface area contributed by atoms with Crippen molar-refractivity contribution in [2.45, 2.75) is 71.5 Å². The summed E-state index contributed by atoms with van der Waals surface area (Å²) in [6.07, 6.45) is 3.26. The number of amides is 1. The molecule has 0 radical (unpaired) electrons. The van der Waals surface area contributed by atoms with Crippen molar-refractivity contribution in [3.63, 3.8) is 0 Å². The number of hydrogen-bond acceptors (Lipinski definition) is 8. The largest absolute Gasteiger partial charge is 0.465 e. The highest BCUT2D eigenvalue weighted by Crippen LogP contribution is 2.57. The van der Waals surface area contributed by atoms with E-state index in [4.69, 9.17) is 18.5 Å². The molecule has 1 unspecified atom stereocenters. The topological polar surface area (TPSA) is 117 Å². The summed E-state index contributed by atoms with van der Waals surface area (Å²) in [5.41, 5.74) is 0.300. The van der Waals surface area contributed by atoms with Gasteiger partial charge in [-0.25, -0.2) is 0 Å².